The maximum Gasteiger partial charge on any atom is 0.242 e. The van der Waals surface area contributed by atoms with Gasteiger partial charge in [0.1, 0.15) is 6.04 Å². The van der Waals surface area contributed by atoms with Gasteiger partial charge >= 0.3 is 0 Å². The van der Waals surface area contributed by atoms with E-state index in [-0.39, 0.29) is 42.0 Å². The van der Waals surface area contributed by atoms with Gasteiger partial charge in [-0.25, -0.2) is 0 Å². The molecule has 2 bridgehead atoms. The quantitative estimate of drug-likeness (QED) is 0.318. The molecule has 4 aliphatic rings. The molecule has 1 aliphatic carbocycles. The Bertz CT molecular complexity index is 971. The van der Waals surface area contributed by atoms with Crippen molar-refractivity contribution >= 4 is 23.9 Å². The Hall–Kier alpha value is -2.20. The van der Waals surface area contributed by atoms with Crippen molar-refractivity contribution in [1.82, 2.24) is 14.7 Å². The van der Waals surface area contributed by atoms with Crippen molar-refractivity contribution in [1.29, 1.82) is 5.26 Å². The molecule has 2 amide bonds. The molecular formula is C22H28N6O4S. The smallest absolute Gasteiger partial charge is 0.242 e. The van der Waals surface area contributed by atoms with Gasteiger partial charge in [0, 0.05) is 30.1 Å². The Morgan fingerprint density at radius 2 is 2.06 bits per heavy atom. The second kappa shape index (κ2) is 8.87. The minimum Gasteiger partial charge on any atom is -0.330 e. The zero-order chi connectivity index (χ0) is 23.3. The first-order valence-corrected chi connectivity index (χ1v) is 12.0. The van der Waals surface area contributed by atoms with E-state index in [2.05, 4.69) is 15.4 Å². The van der Waals surface area contributed by atoms with Gasteiger partial charge in [-0.2, -0.15) is 11.2 Å². The monoisotopic (exact) mass is 472 g/mol. The van der Waals surface area contributed by atoms with Crippen molar-refractivity contribution in [3.8, 4) is 6.07 Å². The number of piperazine rings is 1. The van der Waals surface area contributed by atoms with Crippen molar-refractivity contribution in [2.75, 3.05) is 13.1 Å². The minimum atomic E-state index is -0.719. The minimum absolute atomic E-state index is 0.0662. The molecule has 1 aromatic rings. The van der Waals surface area contributed by atoms with E-state index in [1.54, 1.807) is 4.90 Å². The number of hydrogen-bond donors (Lipinski definition) is 2. The number of fused-ring (bicyclic) bond motifs is 3. The molecule has 0 spiro atoms. The lowest BCUT2D eigenvalue weighted by Gasteiger charge is -2.38. The van der Waals surface area contributed by atoms with E-state index in [1.165, 1.54) is 0 Å². The van der Waals surface area contributed by atoms with Crippen LogP contribution in [-0.4, -0.2) is 69.8 Å². The van der Waals surface area contributed by atoms with Crippen LogP contribution in [0.25, 0.3) is 0 Å². The third-order valence-electron chi connectivity index (χ3n) is 7.52. The number of likely N-dealkylation sites (tertiary alicyclic amines) is 3. The standard InChI is InChI=1S/C22H28N6O4S/c1-12(13-2-4-17(5-3-13)33-32-31-25)27-16-8-20(22(27)30)26(10-16)11-18(24)21(29)28-15(9-23)6-14-7-19(14)28/h2-5,12,14-16,18-20H,6-8,10-11,24-25H2,1H3/t12-,14-,15+,16+,18+,19+,20+/m1/s1. The third-order valence-corrected chi connectivity index (χ3v) is 8.13. The highest BCUT2D eigenvalue weighted by atomic mass is 32.2. The summed E-state index contributed by atoms with van der Waals surface area (Å²) in [5, 5.41) is 9.38. The Kier molecular flexibility index (Phi) is 6.07. The summed E-state index contributed by atoms with van der Waals surface area (Å²) in [7, 11) is 0. The molecule has 33 heavy (non-hydrogen) atoms. The van der Waals surface area contributed by atoms with Crippen LogP contribution in [0.1, 0.15) is 37.8 Å². The highest BCUT2D eigenvalue weighted by Gasteiger charge is 2.56. The van der Waals surface area contributed by atoms with Gasteiger partial charge in [-0.05, 0) is 49.8 Å². The third kappa shape index (κ3) is 4.01. The van der Waals surface area contributed by atoms with Gasteiger partial charge in [0.05, 0.1) is 36.2 Å². The molecule has 0 radical (unpaired) electrons. The molecule has 7 atom stereocenters. The van der Waals surface area contributed by atoms with E-state index in [1.807, 2.05) is 41.0 Å². The average molecular weight is 473 g/mol. The molecule has 1 saturated carbocycles. The summed E-state index contributed by atoms with van der Waals surface area (Å²) in [6, 6.07) is 8.83. The Balaban J connectivity index is 1.19. The molecule has 4 fully saturated rings. The summed E-state index contributed by atoms with van der Waals surface area (Å²) in [5.41, 5.74) is 7.32. The van der Waals surface area contributed by atoms with Gasteiger partial charge in [0.15, 0.2) is 0 Å². The molecule has 1 aromatic carbocycles. The van der Waals surface area contributed by atoms with E-state index >= 15 is 0 Å². The summed E-state index contributed by atoms with van der Waals surface area (Å²) < 4.78 is 4.66. The van der Waals surface area contributed by atoms with Crippen LogP contribution in [0, 0.1) is 17.2 Å². The maximum absolute atomic E-state index is 13.2. The highest BCUT2D eigenvalue weighted by Crippen LogP contribution is 2.48. The lowest BCUT2D eigenvalue weighted by atomic mass is 10.1. The predicted octanol–water partition coefficient (Wildman–Crippen LogP) is 0.702. The number of carbonyl (C=O) groups excluding carboxylic acids is 2. The molecule has 5 rings (SSSR count). The van der Waals surface area contributed by atoms with E-state index < -0.39 is 6.04 Å². The van der Waals surface area contributed by atoms with Crippen LogP contribution in [0.5, 0.6) is 0 Å². The van der Waals surface area contributed by atoms with E-state index in [0.29, 0.717) is 19.0 Å². The first-order valence-electron chi connectivity index (χ1n) is 11.3. The van der Waals surface area contributed by atoms with Crippen molar-refractivity contribution in [3.63, 3.8) is 0 Å². The summed E-state index contributed by atoms with van der Waals surface area (Å²) in [4.78, 5) is 36.8. The second-order valence-electron chi connectivity index (χ2n) is 9.39. The van der Waals surface area contributed by atoms with Crippen molar-refractivity contribution in [3.05, 3.63) is 29.8 Å². The first kappa shape index (κ1) is 22.6. The number of amides is 2. The van der Waals surface area contributed by atoms with Gasteiger partial charge in [-0.1, -0.05) is 12.1 Å². The molecule has 176 valence electrons. The van der Waals surface area contributed by atoms with Crippen LogP contribution in [0.2, 0.25) is 0 Å². The molecule has 11 heteroatoms. The molecule has 3 saturated heterocycles. The van der Waals surface area contributed by atoms with Crippen molar-refractivity contribution in [2.24, 2.45) is 17.5 Å². The lowest BCUT2D eigenvalue weighted by Crippen LogP contribution is -2.57. The number of carbonyl (C=O) groups is 2. The molecule has 4 N–H and O–H groups in total. The molecule has 0 aromatic heterocycles. The Labute approximate surface area is 196 Å². The van der Waals surface area contributed by atoms with Gasteiger partial charge in [0.25, 0.3) is 0 Å². The molecule has 3 heterocycles. The molecular weight excluding hydrogens is 444 g/mol. The number of benzene rings is 1. The zero-order valence-electron chi connectivity index (χ0n) is 18.4. The number of nitrogens with two attached hydrogens (primary N) is 2. The summed E-state index contributed by atoms with van der Waals surface area (Å²) in [6.45, 7) is 3.07. The van der Waals surface area contributed by atoms with Crippen molar-refractivity contribution < 1.29 is 18.9 Å². The van der Waals surface area contributed by atoms with E-state index in [9.17, 15) is 14.9 Å². The number of rotatable bonds is 8. The predicted molar refractivity (Wildman–Crippen MR) is 118 cm³/mol. The maximum atomic E-state index is 13.2. The number of hydrogen-bond acceptors (Lipinski definition) is 9. The average Bonchev–Trinajstić information content (AvgIpc) is 3.15. The Morgan fingerprint density at radius 3 is 2.73 bits per heavy atom. The van der Waals surface area contributed by atoms with E-state index in [4.69, 9.17) is 11.6 Å². The number of nitriles is 1. The van der Waals surface area contributed by atoms with Crippen LogP contribution < -0.4 is 11.6 Å². The fourth-order valence-electron chi connectivity index (χ4n) is 5.83. The number of nitrogens with zero attached hydrogens (tertiary/aromatic N) is 4. The summed E-state index contributed by atoms with van der Waals surface area (Å²) in [6.07, 6.45) is 2.48. The number of piperidine rings is 1. The van der Waals surface area contributed by atoms with Gasteiger partial charge < -0.3 is 15.5 Å². The summed E-state index contributed by atoms with van der Waals surface area (Å²) in [5.74, 6) is 5.24. The van der Waals surface area contributed by atoms with Crippen LogP contribution in [0.15, 0.2) is 29.2 Å². The van der Waals surface area contributed by atoms with Crippen LogP contribution in [0.4, 0.5) is 0 Å². The molecule has 10 nitrogen and oxygen atoms in total. The fraction of sp³-hybridized carbons (Fsp3) is 0.591. The van der Waals surface area contributed by atoms with Gasteiger partial charge in [-0.3, -0.25) is 14.5 Å². The first-order chi connectivity index (χ1) is 15.9. The SMILES string of the molecule is C[C@H](c1ccc(SOON)cc1)N1C(=O)[C@@H]2C[C@H]1CN2C[C@H](N)C(=O)N1[C@H](C#N)C[C@@H]2C[C@@H]21. The lowest BCUT2D eigenvalue weighted by molar-refractivity contribution is -0.195. The summed E-state index contributed by atoms with van der Waals surface area (Å²) >= 11 is 1.01. The van der Waals surface area contributed by atoms with Gasteiger partial charge in [-0.15, -0.1) is 9.32 Å². The zero-order valence-corrected chi connectivity index (χ0v) is 19.2. The largest absolute Gasteiger partial charge is 0.330 e. The van der Waals surface area contributed by atoms with Gasteiger partial charge in [0.2, 0.25) is 11.8 Å². The fourth-order valence-corrected chi connectivity index (χ4v) is 6.20. The Morgan fingerprint density at radius 1 is 1.30 bits per heavy atom. The van der Waals surface area contributed by atoms with Crippen molar-refractivity contribution in [2.45, 2.75) is 67.3 Å². The molecule has 3 aliphatic heterocycles. The second-order valence-corrected chi connectivity index (χ2v) is 10.2. The topological polar surface area (TPSA) is 138 Å². The van der Waals surface area contributed by atoms with Crippen LogP contribution in [-0.2, 0) is 18.9 Å². The van der Waals surface area contributed by atoms with Crippen LogP contribution >= 0.6 is 12.0 Å². The highest BCUT2D eigenvalue weighted by molar-refractivity contribution is 7.94. The van der Waals surface area contributed by atoms with Crippen LogP contribution in [0.3, 0.4) is 0 Å². The van der Waals surface area contributed by atoms with E-state index in [0.717, 1.165) is 41.8 Å². The normalized spacial score (nSPS) is 32.1. The molecule has 0 unspecified atom stereocenters.